The van der Waals surface area contributed by atoms with Crippen LogP contribution >= 0.6 is 11.6 Å². The van der Waals surface area contributed by atoms with Gasteiger partial charge in [0.1, 0.15) is 0 Å². The van der Waals surface area contributed by atoms with Crippen molar-refractivity contribution in [2.45, 2.75) is 76.2 Å². The highest BCUT2D eigenvalue weighted by molar-refractivity contribution is 6.74. The molecule has 1 aromatic carbocycles. The number of carbonyl (C=O) groups is 2. The Hall–Kier alpha value is -1.37. The zero-order chi connectivity index (χ0) is 20.6. The summed E-state index contributed by atoms with van der Waals surface area (Å²) in [7, 11) is -2.16. The maximum atomic E-state index is 13.0. The third kappa shape index (κ3) is 4.73. The molecule has 2 atom stereocenters. The maximum Gasteiger partial charge on any atom is 0.328 e. The van der Waals surface area contributed by atoms with Gasteiger partial charge in [0.05, 0.1) is 11.5 Å². The summed E-state index contributed by atoms with van der Waals surface area (Å²) in [6, 6.07) is 6.11. The Morgan fingerprint density at radius 2 is 1.89 bits per heavy atom. The average Bonchev–Trinajstić information content (AvgIpc) is 3.32. The van der Waals surface area contributed by atoms with Crippen LogP contribution in [0.4, 0.5) is 0 Å². The van der Waals surface area contributed by atoms with Gasteiger partial charge in [-0.3, -0.25) is 4.79 Å². The van der Waals surface area contributed by atoms with Gasteiger partial charge in [-0.05, 0) is 55.6 Å². The molecule has 1 fully saturated rings. The molecule has 1 saturated carbocycles. The summed E-state index contributed by atoms with van der Waals surface area (Å²) in [6.45, 7) is 12.1. The molecule has 0 radical (unpaired) electrons. The lowest BCUT2D eigenvalue weighted by molar-refractivity contribution is -0.144. The molecule has 0 aliphatic heterocycles. The van der Waals surface area contributed by atoms with Crippen LogP contribution in [0.5, 0.6) is 0 Å². The van der Waals surface area contributed by atoms with E-state index in [0.29, 0.717) is 17.9 Å². The third-order valence-corrected chi connectivity index (χ3v) is 10.7. The van der Waals surface area contributed by atoms with E-state index in [2.05, 4.69) is 39.2 Å². The molecule has 150 valence electrons. The van der Waals surface area contributed by atoms with Gasteiger partial charge in [-0.1, -0.05) is 44.5 Å². The second-order valence-corrected chi connectivity index (χ2v) is 14.2. The number of halogens is 1. The van der Waals surface area contributed by atoms with Crippen molar-refractivity contribution in [3.05, 3.63) is 34.9 Å². The molecule has 27 heavy (non-hydrogen) atoms. The molecule has 0 heterocycles. The Bertz CT molecular complexity index is 725. The maximum absolute atomic E-state index is 13.0. The summed E-state index contributed by atoms with van der Waals surface area (Å²) in [6.07, 6.45) is 0.744. The lowest BCUT2D eigenvalue weighted by atomic mass is 9.94. The first-order valence-electron chi connectivity index (χ1n) is 9.28. The van der Waals surface area contributed by atoms with E-state index in [4.69, 9.17) is 16.0 Å². The standard InChI is InChI=1S/C20H30ClNO4Si/c1-13(26-27(5,6)19(2,3)4)16(17(23)24)22-18(25)20(10-11-20)14-8-7-9-15(21)12-14/h7-9,12-13,16H,10-11H2,1-6H3,(H,22,25)(H,23,24). The van der Waals surface area contributed by atoms with Gasteiger partial charge in [0.15, 0.2) is 14.4 Å². The molecule has 0 spiro atoms. The Labute approximate surface area is 167 Å². The van der Waals surface area contributed by atoms with Crippen molar-refractivity contribution in [1.29, 1.82) is 0 Å². The third-order valence-electron chi connectivity index (χ3n) is 5.87. The van der Waals surface area contributed by atoms with Crippen molar-refractivity contribution in [3.8, 4) is 0 Å². The molecular formula is C20H30ClNO4Si. The van der Waals surface area contributed by atoms with Gasteiger partial charge in [-0.2, -0.15) is 0 Å². The predicted molar refractivity (Wildman–Crippen MR) is 110 cm³/mol. The van der Waals surface area contributed by atoms with Crippen molar-refractivity contribution in [3.63, 3.8) is 0 Å². The van der Waals surface area contributed by atoms with Gasteiger partial charge >= 0.3 is 5.97 Å². The van der Waals surface area contributed by atoms with Crippen LogP contribution in [-0.4, -0.2) is 37.4 Å². The van der Waals surface area contributed by atoms with E-state index in [1.54, 1.807) is 19.1 Å². The van der Waals surface area contributed by atoms with Crippen molar-refractivity contribution < 1.29 is 19.1 Å². The molecule has 1 aliphatic rings. The number of nitrogens with one attached hydrogen (secondary N) is 1. The number of carboxylic acids is 1. The van der Waals surface area contributed by atoms with Gasteiger partial charge in [-0.25, -0.2) is 4.79 Å². The fourth-order valence-electron chi connectivity index (χ4n) is 2.93. The fraction of sp³-hybridized carbons (Fsp3) is 0.600. The lowest BCUT2D eigenvalue weighted by Crippen LogP contribution is -2.55. The Kier molecular flexibility index (Phi) is 6.14. The summed E-state index contributed by atoms with van der Waals surface area (Å²) < 4.78 is 6.21. The van der Waals surface area contributed by atoms with Gasteiger partial charge < -0.3 is 14.8 Å². The Balaban J connectivity index is 2.16. The van der Waals surface area contributed by atoms with E-state index in [1.807, 2.05) is 12.1 Å². The molecule has 2 unspecified atom stereocenters. The monoisotopic (exact) mass is 411 g/mol. The Morgan fingerprint density at radius 1 is 1.30 bits per heavy atom. The van der Waals surface area contributed by atoms with E-state index < -0.39 is 31.8 Å². The molecule has 1 amide bonds. The molecule has 2 N–H and O–H groups in total. The van der Waals surface area contributed by atoms with E-state index in [1.165, 1.54) is 0 Å². The van der Waals surface area contributed by atoms with E-state index >= 15 is 0 Å². The lowest BCUT2D eigenvalue weighted by Gasteiger charge is -2.39. The molecule has 1 aliphatic carbocycles. The quantitative estimate of drug-likeness (QED) is 0.654. The minimum Gasteiger partial charge on any atom is -0.480 e. The van der Waals surface area contributed by atoms with E-state index in [9.17, 15) is 14.7 Å². The van der Waals surface area contributed by atoms with Gasteiger partial charge in [0.25, 0.3) is 0 Å². The van der Waals surface area contributed by atoms with Crippen molar-refractivity contribution in [2.75, 3.05) is 0 Å². The molecule has 0 bridgehead atoms. The topological polar surface area (TPSA) is 75.6 Å². The molecule has 2 rings (SSSR count). The number of amides is 1. The second kappa shape index (κ2) is 7.57. The van der Waals surface area contributed by atoms with E-state index in [-0.39, 0.29) is 10.9 Å². The number of hydrogen-bond acceptors (Lipinski definition) is 3. The smallest absolute Gasteiger partial charge is 0.328 e. The molecule has 7 heteroatoms. The van der Waals surface area contributed by atoms with Crippen molar-refractivity contribution in [1.82, 2.24) is 5.32 Å². The second-order valence-electron chi connectivity index (χ2n) is 8.97. The van der Waals surface area contributed by atoms with Crippen LogP contribution in [0.25, 0.3) is 0 Å². The van der Waals surface area contributed by atoms with Crippen LogP contribution in [-0.2, 0) is 19.4 Å². The predicted octanol–water partition coefficient (Wildman–Crippen LogP) is 4.35. The van der Waals surface area contributed by atoms with Gasteiger partial charge in [0, 0.05) is 5.02 Å². The molecule has 1 aromatic rings. The highest BCUT2D eigenvalue weighted by Gasteiger charge is 2.52. The zero-order valence-corrected chi connectivity index (χ0v) is 18.7. The average molecular weight is 412 g/mol. The van der Waals surface area contributed by atoms with Crippen LogP contribution in [0.2, 0.25) is 23.2 Å². The van der Waals surface area contributed by atoms with Crippen LogP contribution < -0.4 is 5.32 Å². The van der Waals surface area contributed by atoms with Crippen LogP contribution in [0.15, 0.2) is 24.3 Å². The number of rotatable bonds is 7. The number of aliphatic carboxylic acids is 1. The van der Waals surface area contributed by atoms with Gasteiger partial charge in [-0.15, -0.1) is 0 Å². The van der Waals surface area contributed by atoms with Crippen molar-refractivity contribution >= 4 is 31.8 Å². The number of benzene rings is 1. The number of hydrogen-bond donors (Lipinski definition) is 2. The summed E-state index contributed by atoms with van der Waals surface area (Å²) >= 11 is 6.06. The summed E-state index contributed by atoms with van der Waals surface area (Å²) in [5.41, 5.74) is 0.143. The van der Waals surface area contributed by atoms with Crippen LogP contribution in [0.3, 0.4) is 0 Å². The molecule has 0 saturated heterocycles. The van der Waals surface area contributed by atoms with E-state index in [0.717, 1.165) is 5.56 Å². The highest BCUT2D eigenvalue weighted by atomic mass is 35.5. The normalized spacial score (nSPS) is 18.5. The molecule has 5 nitrogen and oxygen atoms in total. The Morgan fingerprint density at radius 3 is 2.33 bits per heavy atom. The SMILES string of the molecule is CC(O[Si](C)(C)C(C)(C)C)C(NC(=O)C1(c2cccc(Cl)c2)CC1)C(=O)O. The summed E-state index contributed by atoms with van der Waals surface area (Å²) in [5.74, 6) is -1.36. The highest BCUT2D eigenvalue weighted by Crippen LogP contribution is 2.49. The first kappa shape index (κ1) is 21.9. The minimum absolute atomic E-state index is 0.0488. The summed E-state index contributed by atoms with van der Waals surface area (Å²) in [4.78, 5) is 24.8. The first-order chi connectivity index (χ1) is 12.3. The van der Waals surface area contributed by atoms with Crippen LogP contribution in [0, 0.1) is 0 Å². The molecule has 0 aromatic heterocycles. The van der Waals surface area contributed by atoms with Crippen molar-refractivity contribution in [2.24, 2.45) is 0 Å². The fourth-order valence-corrected chi connectivity index (χ4v) is 4.54. The molecular weight excluding hydrogens is 382 g/mol. The minimum atomic E-state index is -2.16. The number of carboxylic acid groups (broad SMARTS) is 1. The zero-order valence-electron chi connectivity index (χ0n) is 16.9. The number of carbonyl (C=O) groups excluding carboxylic acids is 1. The summed E-state index contributed by atoms with van der Waals surface area (Å²) in [5, 5.41) is 12.9. The largest absolute Gasteiger partial charge is 0.480 e. The van der Waals surface area contributed by atoms with Gasteiger partial charge in [0.2, 0.25) is 5.91 Å². The first-order valence-corrected chi connectivity index (χ1v) is 12.6. The van der Waals surface area contributed by atoms with Crippen LogP contribution in [0.1, 0.15) is 46.1 Å².